The van der Waals surface area contributed by atoms with Gasteiger partial charge in [-0.15, -0.1) is 0 Å². The quantitative estimate of drug-likeness (QED) is 0.906. The maximum absolute atomic E-state index is 8.99. The summed E-state index contributed by atoms with van der Waals surface area (Å²) >= 11 is 0. The lowest BCUT2D eigenvalue weighted by Gasteiger charge is -2.34. The normalized spacial score (nSPS) is 19.5. The van der Waals surface area contributed by atoms with Crippen LogP contribution >= 0.6 is 0 Å². The molecule has 0 amide bonds. The summed E-state index contributed by atoms with van der Waals surface area (Å²) in [6.45, 7) is 3.71. The molecule has 2 aliphatic rings. The molecule has 0 aromatic heterocycles. The minimum absolute atomic E-state index is 0.314. The molecule has 1 saturated heterocycles. The molecule has 19 heavy (non-hydrogen) atoms. The molecule has 0 aliphatic carbocycles. The van der Waals surface area contributed by atoms with Crippen LogP contribution < -0.4 is 14.4 Å². The fourth-order valence-electron chi connectivity index (χ4n) is 2.89. The maximum atomic E-state index is 8.99. The Hall–Kier alpha value is -1.42. The fourth-order valence-corrected chi connectivity index (χ4v) is 2.89. The van der Waals surface area contributed by atoms with Gasteiger partial charge in [0.2, 0.25) is 0 Å². The fraction of sp³-hybridized carbons (Fsp3) is 0.600. The molecular formula is C15H21NO3. The number of fused-ring (bicyclic) bond motifs is 1. The van der Waals surface area contributed by atoms with Gasteiger partial charge in [-0.2, -0.15) is 0 Å². The van der Waals surface area contributed by atoms with Gasteiger partial charge in [0.05, 0.1) is 0 Å². The first-order valence-corrected chi connectivity index (χ1v) is 7.12. The molecule has 2 heterocycles. The monoisotopic (exact) mass is 263 g/mol. The highest BCUT2D eigenvalue weighted by Gasteiger charge is 2.20. The average Bonchev–Trinajstić information content (AvgIpc) is 2.48. The highest BCUT2D eigenvalue weighted by Crippen LogP contribution is 2.35. The van der Waals surface area contributed by atoms with E-state index in [-0.39, 0.29) is 0 Å². The van der Waals surface area contributed by atoms with E-state index in [4.69, 9.17) is 14.6 Å². The third kappa shape index (κ3) is 2.78. The second-order valence-corrected chi connectivity index (χ2v) is 5.27. The first-order valence-electron chi connectivity index (χ1n) is 7.12. The molecule has 1 fully saturated rings. The molecule has 2 aliphatic heterocycles. The minimum atomic E-state index is 0.314. The smallest absolute Gasteiger partial charge is 0.163 e. The summed E-state index contributed by atoms with van der Waals surface area (Å²) in [6.07, 6.45) is 3.26. The summed E-state index contributed by atoms with van der Waals surface area (Å²) in [5.74, 6) is 2.39. The summed E-state index contributed by atoms with van der Waals surface area (Å²) in [5.41, 5.74) is 1.21. The number of aliphatic hydroxyl groups excluding tert-OH is 1. The number of anilines is 1. The lowest BCUT2D eigenvalue weighted by molar-refractivity contribution is 0.171. The van der Waals surface area contributed by atoms with Gasteiger partial charge in [-0.3, -0.25) is 0 Å². The van der Waals surface area contributed by atoms with Crippen molar-refractivity contribution in [2.75, 3.05) is 37.8 Å². The largest absolute Gasteiger partial charge is 0.486 e. The van der Waals surface area contributed by atoms with Gasteiger partial charge in [0.15, 0.2) is 11.5 Å². The number of hydrogen-bond acceptors (Lipinski definition) is 4. The molecule has 1 aromatic carbocycles. The van der Waals surface area contributed by atoms with Gasteiger partial charge in [0.1, 0.15) is 13.2 Å². The van der Waals surface area contributed by atoms with E-state index in [9.17, 15) is 0 Å². The van der Waals surface area contributed by atoms with Crippen molar-refractivity contribution in [2.24, 2.45) is 5.92 Å². The van der Waals surface area contributed by atoms with E-state index in [0.29, 0.717) is 25.7 Å². The Bertz CT molecular complexity index is 427. The van der Waals surface area contributed by atoms with Crippen molar-refractivity contribution in [1.82, 2.24) is 0 Å². The summed E-state index contributed by atoms with van der Waals surface area (Å²) in [4.78, 5) is 2.39. The van der Waals surface area contributed by atoms with E-state index >= 15 is 0 Å². The summed E-state index contributed by atoms with van der Waals surface area (Å²) < 4.78 is 11.2. The third-order valence-electron chi connectivity index (χ3n) is 4.04. The molecule has 0 atom stereocenters. The maximum Gasteiger partial charge on any atom is 0.163 e. The predicted octanol–water partition coefficient (Wildman–Crippen LogP) is 2.06. The molecule has 104 valence electrons. The van der Waals surface area contributed by atoms with Crippen molar-refractivity contribution in [3.05, 3.63) is 18.2 Å². The molecule has 3 rings (SSSR count). The van der Waals surface area contributed by atoms with Crippen molar-refractivity contribution in [3.63, 3.8) is 0 Å². The van der Waals surface area contributed by atoms with Crippen LogP contribution in [0, 0.1) is 5.92 Å². The first-order chi connectivity index (χ1) is 9.36. The molecule has 4 heteroatoms. The molecule has 0 unspecified atom stereocenters. The van der Waals surface area contributed by atoms with Crippen LogP contribution in [0.1, 0.15) is 19.3 Å². The van der Waals surface area contributed by atoms with E-state index in [1.54, 1.807) is 0 Å². The second kappa shape index (κ2) is 5.70. The molecule has 1 aromatic rings. The van der Waals surface area contributed by atoms with Crippen LogP contribution in [-0.2, 0) is 0 Å². The first kappa shape index (κ1) is 12.6. The molecule has 0 spiro atoms. The third-order valence-corrected chi connectivity index (χ3v) is 4.04. The van der Waals surface area contributed by atoms with Gasteiger partial charge >= 0.3 is 0 Å². The van der Waals surface area contributed by atoms with E-state index in [2.05, 4.69) is 17.0 Å². The van der Waals surface area contributed by atoms with Crippen LogP contribution in [0.2, 0.25) is 0 Å². The topological polar surface area (TPSA) is 41.9 Å². The van der Waals surface area contributed by atoms with Crippen LogP contribution in [0.25, 0.3) is 0 Å². The van der Waals surface area contributed by atoms with E-state index in [1.807, 2.05) is 6.07 Å². The number of benzene rings is 1. The zero-order valence-corrected chi connectivity index (χ0v) is 11.2. The van der Waals surface area contributed by atoms with E-state index in [0.717, 1.165) is 43.9 Å². The Kier molecular flexibility index (Phi) is 3.78. The number of ether oxygens (including phenoxy) is 2. The zero-order valence-electron chi connectivity index (χ0n) is 11.2. The average molecular weight is 263 g/mol. The highest BCUT2D eigenvalue weighted by molar-refractivity contribution is 5.57. The van der Waals surface area contributed by atoms with Crippen molar-refractivity contribution in [1.29, 1.82) is 0 Å². The van der Waals surface area contributed by atoms with Crippen molar-refractivity contribution in [3.8, 4) is 11.5 Å². The Balaban J connectivity index is 1.66. The lowest BCUT2D eigenvalue weighted by Crippen LogP contribution is -2.34. The van der Waals surface area contributed by atoms with Crippen LogP contribution in [0.3, 0.4) is 0 Å². The number of rotatable bonds is 3. The molecule has 4 nitrogen and oxygen atoms in total. The number of aliphatic hydroxyl groups is 1. The summed E-state index contributed by atoms with van der Waals surface area (Å²) in [5, 5.41) is 8.99. The lowest BCUT2D eigenvalue weighted by atomic mass is 9.93. The summed E-state index contributed by atoms with van der Waals surface area (Å²) in [7, 11) is 0. The standard InChI is InChI=1S/C15H21NO3/c17-8-5-12-3-6-16(7-4-12)13-1-2-14-15(11-13)19-10-9-18-14/h1-2,11-12,17H,3-10H2. The number of nitrogens with zero attached hydrogens (tertiary/aromatic N) is 1. The van der Waals surface area contributed by atoms with Gasteiger partial charge in [0, 0.05) is 31.5 Å². The van der Waals surface area contributed by atoms with Gasteiger partial charge < -0.3 is 19.5 Å². The van der Waals surface area contributed by atoms with E-state index in [1.165, 1.54) is 5.69 Å². The van der Waals surface area contributed by atoms with Gasteiger partial charge in [0.25, 0.3) is 0 Å². The Morgan fingerprint density at radius 3 is 2.58 bits per heavy atom. The van der Waals surface area contributed by atoms with Gasteiger partial charge in [-0.25, -0.2) is 0 Å². The molecular weight excluding hydrogens is 242 g/mol. The van der Waals surface area contributed by atoms with E-state index < -0.39 is 0 Å². The van der Waals surface area contributed by atoms with Gasteiger partial charge in [-0.1, -0.05) is 0 Å². The SMILES string of the molecule is OCCC1CCN(c2ccc3c(c2)OCCO3)CC1. The molecule has 0 bridgehead atoms. The Morgan fingerprint density at radius 2 is 1.84 bits per heavy atom. The minimum Gasteiger partial charge on any atom is -0.486 e. The van der Waals surface area contributed by atoms with Crippen molar-refractivity contribution in [2.45, 2.75) is 19.3 Å². The van der Waals surface area contributed by atoms with Crippen LogP contribution in [0.15, 0.2) is 18.2 Å². The van der Waals surface area contributed by atoms with Crippen LogP contribution in [-0.4, -0.2) is 38.0 Å². The Labute approximate surface area is 113 Å². The molecule has 0 saturated carbocycles. The molecule has 0 radical (unpaired) electrons. The summed E-state index contributed by atoms with van der Waals surface area (Å²) in [6, 6.07) is 6.20. The second-order valence-electron chi connectivity index (χ2n) is 5.27. The van der Waals surface area contributed by atoms with Crippen LogP contribution in [0.4, 0.5) is 5.69 Å². The van der Waals surface area contributed by atoms with Crippen LogP contribution in [0.5, 0.6) is 11.5 Å². The number of hydrogen-bond donors (Lipinski definition) is 1. The van der Waals surface area contributed by atoms with Gasteiger partial charge in [-0.05, 0) is 37.3 Å². The molecule has 1 N–H and O–H groups in total. The highest BCUT2D eigenvalue weighted by atomic mass is 16.6. The van der Waals surface area contributed by atoms with Crippen molar-refractivity contribution >= 4 is 5.69 Å². The Morgan fingerprint density at radius 1 is 1.11 bits per heavy atom. The zero-order chi connectivity index (χ0) is 13.1. The number of piperidine rings is 1. The predicted molar refractivity (Wildman–Crippen MR) is 74.1 cm³/mol. The van der Waals surface area contributed by atoms with Crippen molar-refractivity contribution < 1.29 is 14.6 Å².